The van der Waals surface area contributed by atoms with Crippen molar-refractivity contribution in [2.24, 2.45) is 0 Å². The Bertz CT molecular complexity index is 733. The average Bonchev–Trinajstić information content (AvgIpc) is 2.50. The number of pyridine rings is 1. The Kier molecular flexibility index (Phi) is 5.92. The molecule has 0 unspecified atom stereocenters. The van der Waals surface area contributed by atoms with Crippen molar-refractivity contribution in [1.29, 1.82) is 0 Å². The molecule has 124 valence electrons. The quantitative estimate of drug-likeness (QED) is 0.777. The van der Waals surface area contributed by atoms with Crippen LogP contribution >= 0.6 is 0 Å². The van der Waals surface area contributed by atoms with E-state index in [0.29, 0.717) is 36.5 Å². The zero-order valence-corrected chi connectivity index (χ0v) is 13.7. The number of nitrogens with zero attached hydrogens (tertiary/aromatic N) is 1. The molecule has 2 aromatic rings. The van der Waals surface area contributed by atoms with Gasteiger partial charge in [0.05, 0.1) is 17.6 Å². The number of rotatable bonds is 8. The molecule has 0 radical (unpaired) electrons. The summed E-state index contributed by atoms with van der Waals surface area (Å²) in [7, 11) is -3.31. The van der Waals surface area contributed by atoms with E-state index in [9.17, 15) is 12.8 Å². The summed E-state index contributed by atoms with van der Waals surface area (Å²) in [4.78, 5) is 4.14. The Morgan fingerprint density at radius 1 is 1.17 bits per heavy atom. The van der Waals surface area contributed by atoms with Crippen LogP contribution in [0.2, 0.25) is 0 Å². The van der Waals surface area contributed by atoms with Crippen molar-refractivity contribution in [3.8, 4) is 0 Å². The minimum Gasteiger partial charge on any atom is -0.370 e. The molecule has 0 amide bonds. The predicted octanol–water partition coefficient (Wildman–Crippen LogP) is 3.03. The predicted molar refractivity (Wildman–Crippen MR) is 90.5 cm³/mol. The summed E-state index contributed by atoms with van der Waals surface area (Å²) in [5.41, 5.74) is 1.07. The maximum Gasteiger partial charge on any atom is 0.232 e. The van der Waals surface area contributed by atoms with Crippen LogP contribution in [0.15, 0.2) is 42.6 Å². The van der Waals surface area contributed by atoms with Crippen LogP contribution in [0.4, 0.5) is 15.9 Å². The van der Waals surface area contributed by atoms with Gasteiger partial charge in [0.15, 0.2) is 0 Å². The van der Waals surface area contributed by atoms with Crippen LogP contribution in [0.3, 0.4) is 0 Å². The molecule has 0 atom stereocenters. The molecule has 0 fully saturated rings. The number of halogens is 1. The van der Waals surface area contributed by atoms with Gasteiger partial charge in [-0.05, 0) is 36.6 Å². The van der Waals surface area contributed by atoms with Gasteiger partial charge in [-0.25, -0.2) is 17.8 Å². The summed E-state index contributed by atoms with van der Waals surface area (Å²) in [6.45, 7) is 2.34. The first kappa shape index (κ1) is 17.2. The minimum atomic E-state index is -3.31. The van der Waals surface area contributed by atoms with E-state index in [4.69, 9.17) is 0 Å². The maximum atomic E-state index is 13.5. The Morgan fingerprint density at radius 3 is 2.61 bits per heavy atom. The number of hydrogen-bond donors (Lipinski definition) is 2. The van der Waals surface area contributed by atoms with E-state index >= 15 is 0 Å². The molecule has 2 N–H and O–H groups in total. The van der Waals surface area contributed by atoms with E-state index in [-0.39, 0.29) is 11.6 Å². The molecule has 7 heteroatoms. The highest BCUT2D eigenvalue weighted by atomic mass is 32.2. The molecule has 0 spiro atoms. The lowest BCUT2D eigenvalue weighted by Gasteiger charge is -2.09. The zero-order chi connectivity index (χ0) is 16.7. The molecule has 0 saturated carbocycles. The Hall–Kier alpha value is -2.15. The second-order valence-electron chi connectivity index (χ2n) is 5.12. The first-order chi connectivity index (χ1) is 11.0. The van der Waals surface area contributed by atoms with Crippen LogP contribution < -0.4 is 10.0 Å². The number of hydrogen-bond acceptors (Lipinski definition) is 4. The van der Waals surface area contributed by atoms with Crippen LogP contribution in [0.25, 0.3) is 0 Å². The van der Waals surface area contributed by atoms with Crippen LogP contribution in [0.1, 0.15) is 18.9 Å². The summed E-state index contributed by atoms with van der Waals surface area (Å²) in [6, 6.07) is 9.97. The highest BCUT2D eigenvalue weighted by Crippen LogP contribution is 2.12. The summed E-state index contributed by atoms with van der Waals surface area (Å²) >= 11 is 0. The van der Waals surface area contributed by atoms with Crippen molar-refractivity contribution in [3.05, 3.63) is 54.0 Å². The topological polar surface area (TPSA) is 71.1 Å². The van der Waals surface area contributed by atoms with E-state index < -0.39 is 10.0 Å². The molecule has 1 aromatic carbocycles. The van der Waals surface area contributed by atoms with Crippen LogP contribution in [-0.2, 0) is 16.4 Å². The highest BCUT2D eigenvalue weighted by molar-refractivity contribution is 7.92. The third-order valence-electron chi connectivity index (χ3n) is 3.17. The normalized spacial score (nSPS) is 11.2. The molecule has 1 aromatic heterocycles. The van der Waals surface area contributed by atoms with Crippen molar-refractivity contribution < 1.29 is 12.8 Å². The molecule has 23 heavy (non-hydrogen) atoms. The van der Waals surface area contributed by atoms with Gasteiger partial charge >= 0.3 is 0 Å². The summed E-state index contributed by atoms with van der Waals surface area (Å²) in [6.07, 6.45) is 2.55. The fourth-order valence-electron chi connectivity index (χ4n) is 2.08. The number of sulfonamides is 1. The van der Waals surface area contributed by atoms with Gasteiger partial charge in [0.2, 0.25) is 10.0 Å². The maximum absolute atomic E-state index is 13.5. The van der Waals surface area contributed by atoms with Crippen molar-refractivity contribution >= 4 is 21.5 Å². The van der Waals surface area contributed by atoms with Gasteiger partial charge in [0.1, 0.15) is 11.6 Å². The van der Waals surface area contributed by atoms with Gasteiger partial charge in [0, 0.05) is 6.54 Å². The molecule has 1 heterocycles. The molecule has 2 rings (SSSR count). The van der Waals surface area contributed by atoms with Crippen molar-refractivity contribution in [1.82, 2.24) is 4.98 Å². The van der Waals surface area contributed by atoms with E-state index in [1.165, 1.54) is 12.3 Å². The first-order valence-electron chi connectivity index (χ1n) is 7.44. The number of aromatic nitrogens is 1. The average molecular weight is 337 g/mol. The summed E-state index contributed by atoms with van der Waals surface area (Å²) in [5.74, 6) is 0.470. The number of nitrogens with one attached hydrogen (secondary N) is 2. The Morgan fingerprint density at radius 2 is 1.96 bits per heavy atom. The van der Waals surface area contributed by atoms with Crippen LogP contribution in [0, 0.1) is 5.82 Å². The van der Waals surface area contributed by atoms with Crippen molar-refractivity contribution in [2.45, 2.75) is 19.8 Å². The lowest BCUT2D eigenvalue weighted by atomic mass is 10.1. The standard InChI is InChI=1S/C16H20FN3O2S/c1-2-11-23(21,22)20-14-7-8-16(19-12-14)18-10-9-13-5-3-4-6-15(13)17/h3-8,12,20H,2,9-11H2,1H3,(H,18,19). The van der Waals surface area contributed by atoms with E-state index in [1.807, 2.05) is 0 Å². The van der Waals surface area contributed by atoms with Crippen LogP contribution in [0.5, 0.6) is 0 Å². The third kappa shape index (κ3) is 5.52. The van der Waals surface area contributed by atoms with Gasteiger partial charge in [-0.3, -0.25) is 4.72 Å². The highest BCUT2D eigenvalue weighted by Gasteiger charge is 2.08. The zero-order valence-electron chi connectivity index (χ0n) is 12.9. The SMILES string of the molecule is CCCS(=O)(=O)Nc1ccc(NCCc2ccccc2F)nc1. The lowest BCUT2D eigenvalue weighted by Crippen LogP contribution is -2.16. The Balaban J connectivity index is 1.87. The van der Waals surface area contributed by atoms with Crippen LogP contribution in [-0.4, -0.2) is 25.7 Å². The summed E-state index contributed by atoms with van der Waals surface area (Å²) < 4.78 is 39.3. The van der Waals surface area contributed by atoms with Crippen molar-refractivity contribution in [3.63, 3.8) is 0 Å². The summed E-state index contributed by atoms with van der Waals surface area (Å²) in [5, 5.41) is 3.08. The third-order valence-corrected chi connectivity index (χ3v) is 4.66. The number of anilines is 2. The van der Waals surface area contributed by atoms with Gasteiger partial charge < -0.3 is 5.32 Å². The first-order valence-corrected chi connectivity index (χ1v) is 9.09. The largest absolute Gasteiger partial charge is 0.370 e. The van der Waals surface area contributed by atoms with E-state index in [1.54, 1.807) is 37.3 Å². The number of benzene rings is 1. The lowest BCUT2D eigenvalue weighted by molar-refractivity contribution is 0.600. The molecule has 0 saturated heterocycles. The van der Waals surface area contributed by atoms with Gasteiger partial charge in [0.25, 0.3) is 0 Å². The van der Waals surface area contributed by atoms with Gasteiger partial charge in [-0.1, -0.05) is 25.1 Å². The molecule has 0 aliphatic carbocycles. The molecule has 0 aliphatic rings. The monoisotopic (exact) mass is 337 g/mol. The second-order valence-corrected chi connectivity index (χ2v) is 6.96. The molecular weight excluding hydrogens is 317 g/mol. The van der Waals surface area contributed by atoms with Gasteiger partial charge in [-0.2, -0.15) is 0 Å². The Labute approximate surface area is 136 Å². The second kappa shape index (κ2) is 7.92. The minimum absolute atomic E-state index is 0.0790. The van der Waals surface area contributed by atoms with Crippen molar-refractivity contribution in [2.75, 3.05) is 22.3 Å². The molecule has 0 aliphatic heterocycles. The molecular formula is C16H20FN3O2S. The smallest absolute Gasteiger partial charge is 0.232 e. The molecule has 5 nitrogen and oxygen atoms in total. The molecule has 0 bridgehead atoms. The van der Waals surface area contributed by atoms with E-state index in [0.717, 1.165) is 0 Å². The fraction of sp³-hybridized carbons (Fsp3) is 0.312. The van der Waals surface area contributed by atoms with Gasteiger partial charge in [-0.15, -0.1) is 0 Å². The fourth-order valence-corrected chi connectivity index (χ4v) is 3.20. The van der Waals surface area contributed by atoms with E-state index in [2.05, 4.69) is 15.0 Å².